The summed E-state index contributed by atoms with van der Waals surface area (Å²) in [6.45, 7) is 0. The van der Waals surface area contributed by atoms with Crippen LogP contribution in [0.1, 0.15) is 17.7 Å². The fraction of sp³-hybridized carbons (Fsp3) is 0.286. The molecule has 1 aromatic heterocycles. The molecular formula is C14H14FN3O2. The Balaban J connectivity index is 1.90. The Labute approximate surface area is 114 Å². The van der Waals surface area contributed by atoms with Crippen molar-refractivity contribution in [3.05, 3.63) is 45.6 Å². The number of nitrogens with zero attached hydrogens (tertiary/aromatic N) is 1. The van der Waals surface area contributed by atoms with Gasteiger partial charge in [0.1, 0.15) is 0 Å². The molecule has 5 nitrogen and oxygen atoms in total. The number of aromatic amines is 1. The number of aryl methyl sites for hydroxylation is 1. The van der Waals surface area contributed by atoms with Crippen LogP contribution in [-0.4, -0.2) is 17.1 Å². The molecular weight excluding hydrogens is 261 g/mol. The van der Waals surface area contributed by atoms with Crippen LogP contribution in [0.4, 0.5) is 16.0 Å². The average Bonchev–Trinajstić information content (AvgIpc) is 2.88. The third-order valence-corrected chi connectivity index (χ3v) is 3.36. The number of hydrogen-bond acceptors (Lipinski definition) is 4. The molecule has 0 saturated carbocycles. The summed E-state index contributed by atoms with van der Waals surface area (Å²) in [4.78, 5) is 18.9. The summed E-state index contributed by atoms with van der Waals surface area (Å²) in [5.74, 6) is 0.0344. The molecule has 2 N–H and O–H groups in total. The third kappa shape index (κ3) is 2.24. The van der Waals surface area contributed by atoms with Crippen LogP contribution in [0.5, 0.6) is 5.75 Å². The van der Waals surface area contributed by atoms with E-state index < -0.39 is 5.82 Å². The SMILES string of the molecule is COc1ccc(Nc2nc3c(c(=O)[nH]2)CCC3)cc1F. The first kappa shape index (κ1) is 12.7. The predicted molar refractivity (Wildman–Crippen MR) is 73.1 cm³/mol. The summed E-state index contributed by atoms with van der Waals surface area (Å²) in [5, 5.41) is 2.90. The molecule has 104 valence electrons. The van der Waals surface area contributed by atoms with Crippen LogP contribution < -0.4 is 15.6 Å². The number of aromatic nitrogens is 2. The van der Waals surface area contributed by atoms with Crippen molar-refractivity contribution in [2.45, 2.75) is 19.3 Å². The molecule has 0 saturated heterocycles. The second-order valence-electron chi connectivity index (χ2n) is 4.67. The molecule has 0 unspecified atom stereocenters. The van der Waals surface area contributed by atoms with E-state index in [1.54, 1.807) is 6.07 Å². The number of halogens is 1. The van der Waals surface area contributed by atoms with Gasteiger partial charge in [-0.25, -0.2) is 9.37 Å². The number of nitrogens with one attached hydrogen (secondary N) is 2. The fourth-order valence-electron chi connectivity index (χ4n) is 2.38. The van der Waals surface area contributed by atoms with E-state index in [9.17, 15) is 9.18 Å². The summed E-state index contributed by atoms with van der Waals surface area (Å²) in [6.07, 6.45) is 2.53. The van der Waals surface area contributed by atoms with E-state index in [0.717, 1.165) is 30.5 Å². The summed E-state index contributed by atoms with van der Waals surface area (Å²) < 4.78 is 18.4. The van der Waals surface area contributed by atoms with Gasteiger partial charge in [-0.05, 0) is 31.4 Å². The first-order valence-electron chi connectivity index (χ1n) is 6.40. The normalized spacial score (nSPS) is 13.1. The highest BCUT2D eigenvalue weighted by Crippen LogP contribution is 2.23. The molecule has 6 heteroatoms. The van der Waals surface area contributed by atoms with Crippen molar-refractivity contribution >= 4 is 11.6 Å². The summed E-state index contributed by atoms with van der Waals surface area (Å²) in [6, 6.07) is 4.48. The topological polar surface area (TPSA) is 67.0 Å². The lowest BCUT2D eigenvalue weighted by Crippen LogP contribution is -2.16. The molecule has 1 aromatic carbocycles. The lowest BCUT2D eigenvalue weighted by atomic mass is 10.2. The Kier molecular flexibility index (Phi) is 3.14. The Morgan fingerprint density at radius 2 is 2.25 bits per heavy atom. The number of benzene rings is 1. The first-order chi connectivity index (χ1) is 9.67. The average molecular weight is 275 g/mol. The maximum absolute atomic E-state index is 13.6. The molecule has 2 aromatic rings. The molecule has 0 atom stereocenters. The fourth-order valence-corrected chi connectivity index (χ4v) is 2.38. The monoisotopic (exact) mass is 275 g/mol. The lowest BCUT2D eigenvalue weighted by molar-refractivity contribution is 0.386. The quantitative estimate of drug-likeness (QED) is 0.900. The molecule has 3 rings (SSSR count). The van der Waals surface area contributed by atoms with Crippen LogP contribution in [-0.2, 0) is 12.8 Å². The molecule has 0 aliphatic heterocycles. The van der Waals surface area contributed by atoms with Gasteiger partial charge in [0.05, 0.1) is 12.8 Å². The second-order valence-corrected chi connectivity index (χ2v) is 4.67. The van der Waals surface area contributed by atoms with Gasteiger partial charge in [-0.1, -0.05) is 0 Å². The van der Waals surface area contributed by atoms with E-state index in [2.05, 4.69) is 15.3 Å². The molecule has 0 fully saturated rings. The van der Waals surface area contributed by atoms with Crippen molar-refractivity contribution in [3.8, 4) is 5.75 Å². The van der Waals surface area contributed by atoms with Crippen molar-refractivity contribution in [2.75, 3.05) is 12.4 Å². The van der Waals surface area contributed by atoms with E-state index >= 15 is 0 Å². The Morgan fingerprint density at radius 3 is 3.00 bits per heavy atom. The van der Waals surface area contributed by atoms with Gasteiger partial charge in [0.15, 0.2) is 11.6 Å². The first-order valence-corrected chi connectivity index (χ1v) is 6.40. The minimum atomic E-state index is -0.471. The minimum absolute atomic E-state index is 0.121. The zero-order valence-electron chi connectivity index (χ0n) is 11.0. The van der Waals surface area contributed by atoms with Crippen LogP contribution in [0.25, 0.3) is 0 Å². The smallest absolute Gasteiger partial charge is 0.255 e. The van der Waals surface area contributed by atoms with Crippen LogP contribution in [0.15, 0.2) is 23.0 Å². The molecule has 1 heterocycles. The molecule has 1 aliphatic rings. The number of methoxy groups -OCH3 is 1. The van der Waals surface area contributed by atoms with E-state index in [0.29, 0.717) is 11.6 Å². The Morgan fingerprint density at radius 1 is 1.40 bits per heavy atom. The van der Waals surface area contributed by atoms with Gasteiger partial charge < -0.3 is 10.1 Å². The van der Waals surface area contributed by atoms with Crippen LogP contribution in [0.2, 0.25) is 0 Å². The van der Waals surface area contributed by atoms with Gasteiger partial charge in [-0.3, -0.25) is 9.78 Å². The standard InChI is InChI=1S/C14H14FN3O2/c1-20-12-6-5-8(7-10(12)15)16-14-17-11-4-2-3-9(11)13(19)18-14/h5-7H,2-4H2,1H3,(H2,16,17,18,19). The van der Waals surface area contributed by atoms with Crippen molar-refractivity contribution in [2.24, 2.45) is 0 Å². The van der Waals surface area contributed by atoms with E-state index in [1.165, 1.54) is 19.2 Å². The summed E-state index contributed by atoms with van der Waals surface area (Å²) in [5.41, 5.74) is 1.97. The van der Waals surface area contributed by atoms with Crippen molar-refractivity contribution in [3.63, 3.8) is 0 Å². The largest absolute Gasteiger partial charge is 0.494 e. The van der Waals surface area contributed by atoms with Gasteiger partial charge in [-0.15, -0.1) is 0 Å². The predicted octanol–water partition coefficient (Wildman–Crippen LogP) is 2.15. The molecule has 0 bridgehead atoms. The highest BCUT2D eigenvalue weighted by molar-refractivity contribution is 5.55. The Bertz CT molecular complexity index is 712. The second kappa shape index (κ2) is 4.96. The highest BCUT2D eigenvalue weighted by atomic mass is 19.1. The van der Waals surface area contributed by atoms with E-state index in [4.69, 9.17) is 4.74 Å². The van der Waals surface area contributed by atoms with Crippen LogP contribution in [0, 0.1) is 5.82 Å². The number of hydrogen-bond donors (Lipinski definition) is 2. The number of fused-ring (bicyclic) bond motifs is 1. The van der Waals surface area contributed by atoms with E-state index in [-0.39, 0.29) is 11.3 Å². The van der Waals surface area contributed by atoms with Crippen LogP contribution in [0.3, 0.4) is 0 Å². The third-order valence-electron chi connectivity index (χ3n) is 3.36. The van der Waals surface area contributed by atoms with Gasteiger partial charge in [0.25, 0.3) is 5.56 Å². The summed E-state index contributed by atoms with van der Waals surface area (Å²) >= 11 is 0. The zero-order valence-corrected chi connectivity index (χ0v) is 11.0. The van der Waals surface area contributed by atoms with Crippen molar-refractivity contribution in [1.82, 2.24) is 9.97 Å². The van der Waals surface area contributed by atoms with Gasteiger partial charge in [0.2, 0.25) is 5.95 Å². The van der Waals surface area contributed by atoms with Gasteiger partial charge >= 0.3 is 0 Å². The van der Waals surface area contributed by atoms with Gasteiger partial charge in [-0.2, -0.15) is 0 Å². The zero-order chi connectivity index (χ0) is 14.1. The van der Waals surface area contributed by atoms with E-state index in [1.807, 2.05) is 0 Å². The lowest BCUT2D eigenvalue weighted by Gasteiger charge is -2.08. The maximum Gasteiger partial charge on any atom is 0.255 e. The van der Waals surface area contributed by atoms with Crippen molar-refractivity contribution in [1.29, 1.82) is 0 Å². The molecule has 20 heavy (non-hydrogen) atoms. The Hall–Kier alpha value is -2.37. The number of ether oxygens (including phenoxy) is 1. The minimum Gasteiger partial charge on any atom is -0.494 e. The maximum atomic E-state index is 13.6. The number of anilines is 2. The highest BCUT2D eigenvalue weighted by Gasteiger charge is 2.17. The van der Waals surface area contributed by atoms with Crippen molar-refractivity contribution < 1.29 is 9.13 Å². The summed E-state index contributed by atoms with van der Waals surface area (Å²) in [7, 11) is 1.41. The molecule has 0 amide bonds. The van der Waals surface area contributed by atoms with Gasteiger partial charge in [0, 0.05) is 17.3 Å². The molecule has 0 radical (unpaired) electrons. The number of H-pyrrole nitrogens is 1. The molecule has 0 spiro atoms. The molecule has 1 aliphatic carbocycles. The number of rotatable bonds is 3. The van der Waals surface area contributed by atoms with Crippen LogP contribution >= 0.6 is 0 Å².